The zero-order valence-corrected chi connectivity index (χ0v) is 10.7. The highest BCUT2D eigenvalue weighted by atomic mass is 16.5. The Hall–Kier alpha value is -1.71. The minimum absolute atomic E-state index is 0.118. The summed E-state index contributed by atoms with van der Waals surface area (Å²) in [7, 11) is 0. The van der Waals surface area contributed by atoms with Gasteiger partial charge in [-0.15, -0.1) is 0 Å². The summed E-state index contributed by atoms with van der Waals surface area (Å²) < 4.78 is 5.99. The topological polar surface area (TPSA) is 67.8 Å². The molecule has 0 aliphatic heterocycles. The van der Waals surface area contributed by atoms with Gasteiger partial charge in [-0.25, -0.2) is 0 Å². The molecule has 1 fully saturated rings. The third kappa shape index (κ3) is 2.94. The predicted octanol–water partition coefficient (Wildman–Crippen LogP) is 2.74. The third-order valence-corrected chi connectivity index (χ3v) is 3.58. The maximum Gasteiger partial charge on any atom is 0.170 e. The number of hydrogen-bond acceptors (Lipinski definition) is 3. The lowest BCUT2D eigenvalue weighted by Crippen LogP contribution is -2.28. The molecule has 0 saturated heterocycles. The number of nitrogens with two attached hydrogens (primary N) is 1. The van der Waals surface area contributed by atoms with E-state index < -0.39 is 0 Å². The van der Waals surface area contributed by atoms with Gasteiger partial charge in [-0.05, 0) is 49.4 Å². The zero-order valence-electron chi connectivity index (χ0n) is 10.7. The van der Waals surface area contributed by atoms with Gasteiger partial charge in [-0.1, -0.05) is 18.5 Å². The minimum Gasteiger partial charge on any atom is -0.490 e. The number of hydrogen-bond donors (Lipinski definition) is 2. The molecule has 98 valence electrons. The summed E-state index contributed by atoms with van der Waals surface area (Å²) >= 11 is 0. The van der Waals surface area contributed by atoms with Crippen molar-refractivity contribution in [2.75, 3.05) is 0 Å². The van der Waals surface area contributed by atoms with E-state index >= 15 is 0 Å². The summed E-state index contributed by atoms with van der Waals surface area (Å²) in [6.45, 7) is 2.24. The molecule has 1 saturated carbocycles. The van der Waals surface area contributed by atoms with Gasteiger partial charge in [0.05, 0.1) is 0 Å². The van der Waals surface area contributed by atoms with Gasteiger partial charge in [0.25, 0.3) is 0 Å². The Kier molecular flexibility index (Phi) is 4.07. The molecule has 2 atom stereocenters. The molecule has 4 heteroatoms. The van der Waals surface area contributed by atoms with E-state index in [9.17, 15) is 0 Å². The molecule has 0 aromatic heterocycles. The molecular weight excluding hydrogens is 228 g/mol. The first-order valence-electron chi connectivity index (χ1n) is 6.45. The second kappa shape index (κ2) is 5.76. The zero-order chi connectivity index (χ0) is 13.0. The van der Waals surface area contributed by atoms with Gasteiger partial charge in [0.1, 0.15) is 11.9 Å². The van der Waals surface area contributed by atoms with E-state index in [0.717, 1.165) is 12.2 Å². The molecule has 2 unspecified atom stereocenters. The van der Waals surface area contributed by atoms with Crippen LogP contribution in [0.4, 0.5) is 0 Å². The third-order valence-electron chi connectivity index (χ3n) is 3.58. The van der Waals surface area contributed by atoms with E-state index in [1.54, 1.807) is 12.1 Å². The smallest absolute Gasteiger partial charge is 0.170 e. The van der Waals surface area contributed by atoms with E-state index in [1.807, 2.05) is 12.1 Å². The molecular formula is C14H20N2O2. The average Bonchev–Trinajstić information content (AvgIpc) is 2.41. The minimum atomic E-state index is 0.118. The largest absolute Gasteiger partial charge is 0.490 e. The summed E-state index contributed by atoms with van der Waals surface area (Å²) in [5, 5.41) is 11.6. The van der Waals surface area contributed by atoms with Crippen LogP contribution in [-0.4, -0.2) is 17.1 Å². The van der Waals surface area contributed by atoms with Crippen LogP contribution in [-0.2, 0) is 0 Å². The van der Waals surface area contributed by atoms with Crippen molar-refractivity contribution in [3.8, 4) is 5.75 Å². The fraction of sp³-hybridized carbons (Fsp3) is 0.500. The van der Waals surface area contributed by atoms with Crippen LogP contribution in [0.5, 0.6) is 5.75 Å². The van der Waals surface area contributed by atoms with Crippen molar-refractivity contribution in [2.45, 2.75) is 38.7 Å². The molecule has 1 aromatic carbocycles. The first kappa shape index (κ1) is 12.7. The maximum absolute atomic E-state index is 8.59. The molecule has 1 aliphatic rings. The fourth-order valence-corrected chi connectivity index (χ4v) is 2.39. The summed E-state index contributed by atoms with van der Waals surface area (Å²) in [5.41, 5.74) is 6.21. The van der Waals surface area contributed by atoms with Crippen molar-refractivity contribution < 1.29 is 9.94 Å². The number of rotatable bonds is 3. The van der Waals surface area contributed by atoms with Gasteiger partial charge in [0.15, 0.2) is 5.84 Å². The lowest BCUT2D eigenvalue weighted by molar-refractivity contribution is 0.102. The fourth-order valence-electron chi connectivity index (χ4n) is 2.39. The highest BCUT2D eigenvalue weighted by molar-refractivity contribution is 5.97. The quantitative estimate of drug-likeness (QED) is 0.374. The molecule has 0 spiro atoms. The highest BCUT2D eigenvalue weighted by Gasteiger charge is 2.22. The summed E-state index contributed by atoms with van der Waals surface area (Å²) in [4.78, 5) is 0. The number of ether oxygens (including phenoxy) is 1. The monoisotopic (exact) mass is 248 g/mol. The molecule has 18 heavy (non-hydrogen) atoms. The van der Waals surface area contributed by atoms with Gasteiger partial charge in [0.2, 0.25) is 0 Å². The second-order valence-corrected chi connectivity index (χ2v) is 4.93. The van der Waals surface area contributed by atoms with Crippen molar-refractivity contribution in [3.63, 3.8) is 0 Å². The normalized spacial score (nSPS) is 24.8. The van der Waals surface area contributed by atoms with Crippen LogP contribution in [0, 0.1) is 5.92 Å². The molecule has 4 nitrogen and oxygen atoms in total. The highest BCUT2D eigenvalue weighted by Crippen LogP contribution is 2.28. The summed E-state index contributed by atoms with van der Waals surface area (Å²) in [6.07, 6.45) is 5.24. The van der Waals surface area contributed by atoms with Gasteiger partial charge in [-0.3, -0.25) is 0 Å². The van der Waals surface area contributed by atoms with Crippen LogP contribution < -0.4 is 10.5 Å². The van der Waals surface area contributed by atoms with Crippen LogP contribution in [0.15, 0.2) is 29.4 Å². The number of nitrogens with zero attached hydrogens (tertiary/aromatic N) is 1. The SMILES string of the molecule is CC1CCCCC1Oc1ccc(/C(N)=N/O)cc1. The van der Waals surface area contributed by atoms with Crippen LogP contribution in [0.25, 0.3) is 0 Å². The second-order valence-electron chi connectivity index (χ2n) is 4.93. The Morgan fingerprint density at radius 3 is 2.56 bits per heavy atom. The Balaban J connectivity index is 2.01. The standard InChI is InChI=1S/C14H20N2O2/c1-10-4-2-3-5-13(10)18-12-8-6-11(7-9-12)14(15)16-17/h6-10,13,17H,2-5H2,1H3,(H2,15,16). The van der Waals surface area contributed by atoms with Crippen molar-refractivity contribution in [1.29, 1.82) is 0 Å². The molecule has 0 bridgehead atoms. The first-order valence-corrected chi connectivity index (χ1v) is 6.45. The molecule has 2 rings (SSSR count). The van der Waals surface area contributed by atoms with Crippen molar-refractivity contribution >= 4 is 5.84 Å². The van der Waals surface area contributed by atoms with E-state index in [4.69, 9.17) is 15.7 Å². The molecule has 0 heterocycles. The van der Waals surface area contributed by atoms with E-state index in [0.29, 0.717) is 17.6 Å². The summed E-state index contributed by atoms with van der Waals surface area (Å²) in [6, 6.07) is 7.35. The first-order chi connectivity index (χ1) is 8.70. The number of amidine groups is 1. The average molecular weight is 248 g/mol. The van der Waals surface area contributed by atoms with Gasteiger partial charge >= 0.3 is 0 Å². The molecule has 1 aromatic rings. The van der Waals surface area contributed by atoms with Crippen LogP contribution in [0.2, 0.25) is 0 Å². The van der Waals surface area contributed by atoms with Crippen LogP contribution in [0.1, 0.15) is 38.2 Å². The van der Waals surface area contributed by atoms with Crippen molar-refractivity contribution in [1.82, 2.24) is 0 Å². The Labute approximate surface area is 107 Å². The number of oxime groups is 1. The molecule has 0 radical (unpaired) electrons. The van der Waals surface area contributed by atoms with E-state index in [-0.39, 0.29) is 5.84 Å². The molecule has 1 aliphatic carbocycles. The predicted molar refractivity (Wildman–Crippen MR) is 71.0 cm³/mol. The number of benzene rings is 1. The maximum atomic E-state index is 8.59. The summed E-state index contributed by atoms with van der Waals surface area (Å²) in [5.74, 6) is 1.58. The van der Waals surface area contributed by atoms with Crippen LogP contribution >= 0.6 is 0 Å². The van der Waals surface area contributed by atoms with Crippen molar-refractivity contribution in [2.24, 2.45) is 16.8 Å². The molecule has 0 amide bonds. The lowest BCUT2D eigenvalue weighted by atomic mass is 9.88. The Morgan fingerprint density at radius 1 is 1.28 bits per heavy atom. The Morgan fingerprint density at radius 2 is 1.94 bits per heavy atom. The van der Waals surface area contributed by atoms with Gasteiger partial charge in [-0.2, -0.15) is 0 Å². The van der Waals surface area contributed by atoms with Gasteiger partial charge < -0.3 is 15.7 Å². The van der Waals surface area contributed by atoms with E-state index in [2.05, 4.69) is 12.1 Å². The van der Waals surface area contributed by atoms with Crippen LogP contribution in [0.3, 0.4) is 0 Å². The van der Waals surface area contributed by atoms with Crippen molar-refractivity contribution in [3.05, 3.63) is 29.8 Å². The van der Waals surface area contributed by atoms with E-state index in [1.165, 1.54) is 19.3 Å². The Bertz CT molecular complexity index is 414. The van der Waals surface area contributed by atoms with Gasteiger partial charge in [0, 0.05) is 5.56 Å². The lowest BCUT2D eigenvalue weighted by Gasteiger charge is -2.29. The molecule has 3 N–H and O–H groups in total.